The molecule has 5 nitrogen and oxygen atoms in total. The standard InChI is InChI=1S/C12H16F2N2O3S/c1-7(2)10(15)11(17)16-8-5-3-4-6-9(8)20(18,19)12(13)14/h3-7,10,12H,15H2,1-2H3,(H,16,17)/t10-/m1/s1. The van der Waals surface area contributed by atoms with Crippen LogP contribution < -0.4 is 11.1 Å². The lowest BCUT2D eigenvalue weighted by Crippen LogP contribution is -2.40. The van der Waals surface area contributed by atoms with Gasteiger partial charge < -0.3 is 11.1 Å². The number of sulfone groups is 1. The van der Waals surface area contributed by atoms with Gasteiger partial charge in [-0.1, -0.05) is 26.0 Å². The predicted molar refractivity (Wildman–Crippen MR) is 71.1 cm³/mol. The Morgan fingerprint density at radius 2 is 1.80 bits per heavy atom. The quantitative estimate of drug-likeness (QED) is 0.865. The number of nitrogens with two attached hydrogens (primary N) is 1. The minimum atomic E-state index is -4.79. The zero-order chi connectivity index (χ0) is 15.5. The number of amides is 1. The fourth-order valence-corrected chi connectivity index (χ4v) is 2.32. The number of hydrogen-bond acceptors (Lipinski definition) is 4. The molecule has 0 saturated heterocycles. The van der Waals surface area contributed by atoms with Gasteiger partial charge in [0.25, 0.3) is 0 Å². The van der Waals surface area contributed by atoms with Crippen molar-refractivity contribution in [1.82, 2.24) is 0 Å². The summed E-state index contributed by atoms with van der Waals surface area (Å²) in [6, 6.07) is 4.12. The van der Waals surface area contributed by atoms with Crippen LogP contribution in [0, 0.1) is 5.92 Å². The van der Waals surface area contributed by atoms with E-state index in [2.05, 4.69) is 5.32 Å². The number of rotatable bonds is 5. The van der Waals surface area contributed by atoms with Crippen molar-refractivity contribution < 1.29 is 22.0 Å². The lowest BCUT2D eigenvalue weighted by atomic mass is 10.1. The van der Waals surface area contributed by atoms with E-state index in [-0.39, 0.29) is 11.6 Å². The number of para-hydroxylation sites is 1. The molecule has 3 N–H and O–H groups in total. The minimum absolute atomic E-state index is 0.172. The Morgan fingerprint density at radius 1 is 1.25 bits per heavy atom. The second-order valence-electron chi connectivity index (χ2n) is 4.56. The zero-order valence-electron chi connectivity index (χ0n) is 11.0. The van der Waals surface area contributed by atoms with Crippen molar-refractivity contribution in [3.8, 4) is 0 Å². The fourth-order valence-electron chi connectivity index (χ4n) is 1.43. The summed E-state index contributed by atoms with van der Waals surface area (Å²) < 4.78 is 48.2. The van der Waals surface area contributed by atoms with Gasteiger partial charge >= 0.3 is 5.76 Å². The average Bonchev–Trinajstić information content (AvgIpc) is 2.37. The first-order chi connectivity index (χ1) is 9.17. The molecule has 0 unspecified atom stereocenters. The van der Waals surface area contributed by atoms with Crippen LogP contribution in [0.3, 0.4) is 0 Å². The molecule has 0 radical (unpaired) electrons. The van der Waals surface area contributed by atoms with Crippen LogP contribution in [-0.4, -0.2) is 26.1 Å². The van der Waals surface area contributed by atoms with Crippen LogP contribution in [0.25, 0.3) is 0 Å². The van der Waals surface area contributed by atoms with Crippen molar-refractivity contribution in [1.29, 1.82) is 0 Å². The zero-order valence-corrected chi connectivity index (χ0v) is 11.8. The second-order valence-corrected chi connectivity index (χ2v) is 6.45. The van der Waals surface area contributed by atoms with E-state index in [1.807, 2.05) is 0 Å². The number of halogens is 2. The molecule has 0 aliphatic carbocycles. The normalized spacial score (nSPS) is 13.6. The van der Waals surface area contributed by atoms with E-state index in [1.165, 1.54) is 18.2 Å². The minimum Gasteiger partial charge on any atom is -0.324 e. The van der Waals surface area contributed by atoms with Gasteiger partial charge in [0.2, 0.25) is 15.7 Å². The molecule has 20 heavy (non-hydrogen) atoms. The van der Waals surface area contributed by atoms with Crippen molar-refractivity contribution in [3.05, 3.63) is 24.3 Å². The molecule has 0 heterocycles. The lowest BCUT2D eigenvalue weighted by molar-refractivity contribution is -0.118. The third-order valence-electron chi connectivity index (χ3n) is 2.71. The van der Waals surface area contributed by atoms with Crippen LogP contribution in [0.1, 0.15) is 13.8 Å². The van der Waals surface area contributed by atoms with Gasteiger partial charge in [-0.15, -0.1) is 0 Å². The Morgan fingerprint density at radius 3 is 2.30 bits per heavy atom. The van der Waals surface area contributed by atoms with Crippen molar-refractivity contribution >= 4 is 21.4 Å². The van der Waals surface area contributed by atoms with Gasteiger partial charge in [-0.3, -0.25) is 4.79 Å². The van der Waals surface area contributed by atoms with Gasteiger partial charge in [-0.05, 0) is 18.1 Å². The highest BCUT2D eigenvalue weighted by molar-refractivity contribution is 7.91. The summed E-state index contributed by atoms with van der Waals surface area (Å²) in [4.78, 5) is 11.2. The number of anilines is 1. The molecule has 1 aromatic carbocycles. The Kier molecular flexibility index (Phi) is 5.18. The van der Waals surface area contributed by atoms with Gasteiger partial charge in [-0.2, -0.15) is 8.78 Å². The van der Waals surface area contributed by atoms with E-state index in [4.69, 9.17) is 5.73 Å². The monoisotopic (exact) mass is 306 g/mol. The van der Waals surface area contributed by atoms with Gasteiger partial charge in [0.15, 0.2) is 0 Å². The Labute approximate surface area is 116 Å². The van der Waals surface area contributed by atoms with Crippen LogP contribution in [0.5, 0.6) is 0 Å². The molecule has 0 aromatic heterocycles. The maximum atomic E-state index is 12.6. The molecule has 0 spiro atoms. The molecule has 112 valence electrons. The molecule has 1 amide bonds. The van der Waals surface area contributed by atoms with E-state index >= 15 is 0 Å². The second kappa shape index (κ2) is 6.27. The van der Waals surface area contributed by atoms with Crippen molar-refractivity contribution in [2.45, 2.75) is 30.5 Å². The highest BCUT2D eigenvalue weighted by Crippen LogP contribution is 2.26. The molecule has 0 aliphatic heterocycles. The molecular weight excluding hydrogens is 290 g/mol. The summed E-state index contributed by atoms with van der Waals surface area (Å²) in [7, 11) is -4.79. The number of hydrogen-bond donors (Lipinski definition) is 2. The number of carbonyl (C=O) groups excluding carboxylic acids is 1. The summed E-state index contributed by atoms with van der Waals surface area (Å²) in [5, 5.41) is 2.28. The highest BCUT2D eigenvalue weighted by atomic mass is 32.2. The summed E-state index contributed by atoms with van der Waals surface area (Å²) in [6.45, 7) is 3.43. The number of alkyl halides is 2. The molecule has 8 heteroatoms. The van der Waals surface area contributed by atoms with E-state index < -0.39 is 32.4 Å². The summed E-state index contributed by atoms with van der Waals surface area (Å²) in [5.41, 5.74) is 5.42. The molecule has 1 atom stereocenters. The number of benzene rings is 1. The van der Waals surface area contributed by atoms with Crippen LogP contribution in [0.15, 0.2) is 29.2 Å². The molecule has 0 bridgehead atoms. The Hall–Kier alpha value is -1.54. The Bertz CT molecular complexity index is 588. The van der Waals surface area contributed by atoms with Crippen LogP contribution in [0.4, 0.5) is 14.5 Å². The Balaban J connectivity index is 3.13. The van der Waals surface area contributed by atoms with E-state index in [0.29, 0.717) is 0 Å². The average molecular weight is 306 g/mol. The number of carbonyl (C=O) groups is 1. The van der Waals surface area contributed by atoms with Crippen LogP contribution in [0.2, 0.25) is 0 Å². The smallest absolute Gasteiger partial charge is 0.324 e. The third-order valence-corrected chi connectivity index (χ3v) is 4.15. The van der Waals surface area contributed by atoms with Gasteiger partial charge in [0, 0.05) is 0 Å². The van der Waals surface area contributed by atoms with Gasteiger partial charge in [0.1, 0.15) is 0 Å². The summed E-state index contributed by atoms with van der Waals surface area (Å²) >= 11 is 0. The first-order valence-corrected chi connectivity index (χ1v) is 7.40. The van der Waals surface area contributed by atoms with Crippen molar-refractivity contribution in [3.63, 3.8) is 0 Å². The third kappa shape index (κ3) is 3.51. The van der Waals surface area contributed by atoms with Gasteiger partial charge in [0.05, 0.1) is 16.6 Å². The maximum Gasteiger partial charge on any atom is 0.341 e. The topological polar surface area (TPSA) is 89.3 Å². The molecular formula is C12H16F2N2O3S. The number of nitrogens with one attached hydrogen (secondary N) is 1. The molecule has 0 aliphatic rings. The molecule has 1 rings (SSSR count). The first-order valence-electron chi connectivity index (χ1n) is 5.85. The van der Waals surface area contributed by atoms with Gasteiger partial charge in [-0.25, -0.2) is 8.42 Å². The largest absolute Gasteiger partial charge is 0.341 e. The van der Waals surface area contributed by atoms with E-state index in [9.17, 15) is 22.0 Å². The van der Waals surface area contributed by atoms with Crippen LogP contribution >= 0.6 is 0 Å². The predicted octanol–water partition coefficient (Wildman–Crippen LogP) is 1.60. The van der Waals surface area contributed by atoms with E-state index in [1.54, 1.807) is 13.8 Å². The summed E-state index contributed by atoms with van der Waals surface area (Å²) in [6.07, 6.45) is 0. The molecule has 0 fully saturated rings. The molecule has 0 saturated carbocycles. The van der Waals surface area contributed by atoms with Crippen molar-refractivity contribution in [2.75, 3.05) is 5.32 Å². The van der Waals surface area contributed by atoms with Crippen molar-refractivity contribution in [2.24, 2.45) is 11.7 Å². The SMILES string of the molecule is CC(C)[C@@H](N)C(=O)Nc1ccccc1S(=O)(=O)C(F)F. The van der Waals surface area contributed by atoms with E-state index in [0.717, 1.165) is 6.07 Å². The maximum absolute atomic E-state index is 12.6. The van der Waals surface area contributed by atoms with Crippen LogP contribution in [-0.2, 0) is 14.6 Å². The fraction of sp³-hybridized carbons (Fsp3) is 0.417. The molecule has 1 aromatic rings. The first kappa shape index (κ1) is 16.5. The summed E-state index contributed by atoms with van der Waals surface area (Å²) in [5.74, 6) is -4.36. The lowest BCUT2D eigenvalue weighted by Gasteiger charge is -2.17. The highest BCUT2D eigenvalue weighted by Gasteiger charge is 2.30.